The first kappa shape index (κ1) is 22.2. The van der Waals surface area contributed by atoms with Crippen molar-refractivity contribution >= 4 is 17.5 Å². The van der Waals surface area contributed by atoms with Crippen LogP contribution < -0.4 is 5.32 Å². The third-order valence-corrected chi connectivity index (χ3v) is 6.42. The molecule has 5 nitrogen and oxygen atoms in total. The number of nitrogens with zero attached hydrogens (tertiary/aromatic N) is 2. The largest absolute Gasteiger partial charge is 0.334 e. The Morgan fingerprint density at radius 1 is 1.00 bits per heavy atom. The van der Waals surface area contributed by atoms with Gasteiger partial charge in [-0.25, -0.2) is 4.39 Å². The number of hydrogen-bond donors (Lipinski definition) is 1. The zero-order valence-corrected chi connectivity index (χ0v) is 18.3. The summed E-state index contributed by atoms with van der Waals surface area (Å²) in [6.45, 7) is 3.21. The molecule has 0 saturated carbocycles. The first-order valence-electron chi connectivity index (χ1n) is 11.3. The molecule has 32 heavy (non-hydrogen) atoms. The zero-order chi connectivity index (χ0) is 22.3. The molecule has 1 saturated heterocycles. The van der Waals surface area contributed by atoms with E-state index < -0.39 is 0 Å². The van der Waals surface area contributed by atoms with E-state index in [-0.39, 0.29) is 23.5 Å². The van der Waals surface area contributed by atoms with Gasteiger partial charge in [0.25, 0.3) is 0 Å². The Bertz CT molecular complexity index is 937. The summed E-state index contributed by atoms with van der Waals surface area (Å²) < 4.78 is 13.0. The maximum Gasteiger partial charge on any atom is 0.238 e. The summed E-state index contributed by atoms with van der Waals surface area (Å²) in [7, 11) is 0. The Morgan fingerprint density at radius 2 is 1.72 bits per heavy atom. The minimum absolute atomic E-state index is 0.00709. The lowest BCUT2D eigenvalue weighted by Gasteiger charge is -2.36. The molecule has 2 heterocycles. The molecule has 0 spiro atoms. The van der Waals surface area contributed by atoms with Crippen LogP contribution >= 0.6 is 0 Å². The van der Waals surface area contributed by atoms with E-state index in [9.17, 15) is 14.0 Å². The lowest BCUT2D eigenvalue weighted by Crippen LogP contribution is -2.44. The monoisotopic (exact) mass is 435 g/mol. The standard InChI is InChI=1S/C26H30FN3O2/c27-22-9-11-23(12-10-22)28-25(31)19-29-16-13-21(14-17-29)24-8-4-5-15-30(26(24)32)18-20-6-2-1-3-7-20/h1-7,9-12,21,24H,8,13-19H2,(H,28,31)/t24-/m0/s1. The number of anilines is 1. The van der Waals surface area contributed by atoms with Gasteiger partial charge in [-0.1, -0.05) is 42.5 Å². The number of piperidine rings is 1. The van der Waals surface area contributed by atoms with Gasteiger partial charge >= 0.3 is 0 Å². The molecule has 0 radical (unpaired) electrons. The minimum atomic E-state index is -0.324. The predicted molar refractivity (Wildman–Crippen MR) is 123 cm³/mol. The van der Waals surface area contributed by atoms with Crippen molar-refractivity contribution in [2.24, 2.45) is 11.8 Å². The van der Waals surface area contributed by atoms with Crippen LogP contribution in [0, 0.1) is 17.7 Å². The molecule has 0 aliphatic carbocycles. The number of carbonyl (C=O) groups is 2. The minimum Gasteiger partial charge on any atom is -0.334 e. The Hall–Kier alpha value is -2.99. The smallest absolute Gasteiger partial charge is 0.238 e. The Labute approximate surface area is 188 Å². The van der Waals surface area contributed by atoms with Crippen molar-refractivity contribution in [1.29, 1.82) is 0 Å². The highest BCUT2D eigenvalue weighted by Gasteiger charge is 2.34. The molecule has 0 aromatic heterocycles. The summed E-state index contributed by atoms with van der Waals surface area (Å²) in [5, 5.41) is 2.82. The molecule has 1 atom stereocenters. The van der Waals surface area contributed by atoms with Gasteiger partial charge in [0.2, 0.25) is 11.8 Å². The topological polar surface area (TPSA) is 52.7 Å². The highest BCUT2D eigenvalue weighted by Crippen LogP contribution is 2.31. The van der Waals surface area contributed by atoms with Gasteiger partial charge < -0.3 is 10.2 Å². The van der Waals surface area contributed by atoms with Crippen LogP contribution in [0.2, 0.25) is 0 Å². The van der Waals surface area contributed by atoms with Crippen LogP contribution in [-0.2, 0) is 16.1 Å². The molecule has 4 rings (SSSR count). The second kappa shape index (κ2) is 10.6. The molecule has 2 amide bonds. The average Bonchev–Trinajstić information content (AvgIpc) is 2.98. The van der Waals surface area contributed by atoms with Crippen molar-refractivity contribution in [3.63, 3.8) is 0 Å². The van der Waals surface area contributed by atoms with E-state index in [0.29, 0.717) is 31.2 Å². The fourth-order valence-electron chi connectivity index (χ4n) is 4.66. The molecule has 1 fully saturated rings. The number of carbonyl (C=O) groups excluding carboxylic acids is 2. The van der Waals surface area contributed by atoms with Crippen LogP contribution in [0.25, 0.3) is 0 Å². The van der Waals surface area contributed by atoms with Gasteiger partial charge in [-0.15, -0.1) is 0 Å². The molecule has 168 valence electrons. The summed E-state index contributed by atoms with van der Waals surface area (Å²) >= 11 is 0. The van der Waals surface area contributed by atoms with Gasteiger partial charge in [0, 0.05) is 24.7 Å². The van der Waals surface area contributed by atoms with Crippen LogP contribution in [0.15, 0.2) is 66.7 Å². The molecule has 2 aliphatic heterocycles. The molecule has 0 bridgehead atoms. The summed E-state index contributed by atoms with van der Waals surface area (Å²) in [6, 6.07) is 15.9. The maximum atomic E-state index is 13.3. The van der Waals surface area contributed by atoms with E-state index in [1.165, 1.54) is 12.1 Å². The molecule has 1 N–H and O–H groups in total. The second-order valence-corrected chi connectivity index (χ2v) is 8.69. The third-order valence-electron chi connectivity index (χ3n) is 6.42. The number of amides is 2. The number of allylic oxidation sites excluding steroid dienone is 1. The highest BCUT2D eigenvalue weighted by atomic mass is 19.1. The summed E-state index contributed by atoms with van der Waals surface area (Å²) in [5.74, 6) is 0.159. The second-order valence-electron chi connectivity index (χ2n) is 8.69. The molecule has 0 unspecified atom stereocenters. The van der Waals surface area contributed by atoms with Gasteiger partial charge in [0.15, 0.2) is 0 Å². The van der Waals surface area contributed by atoms with Crippen molar-refractivity contribution in [3.05, 3.63) is 78.1 Å². The Balaban J connectivity index is 1.28. The molecule has 6 heteroatoms. The predicted octanol–water partition coefficient (Wildman–Crippen LogP) is 4.08. The molecular formula is C26H30FN3O2. The van der Waals surface area contributed by atoms with E-state index in [0.717, 1.165) is 37.9 Å². The van der Waals surface area contributed by atoms with Crippen LogP contribution in [0.5, 0.6) is 0 Å². The van der Waals surface area contributed by atoms with Crippen molar-refractivity contribution in [3.8, 4) is 0 Å². The number of hydrogen-bond acceptors (Lipinski definition) is 3. The number of rotatable bonds is 6. The van der Waals surface area contributed by atoms with Gasteiger partial charge in [0.05, 0.1) is 6.54 Å². The first-order valence-corrected chi connectivity index (χ1v) is 11.3. The van der Waals surface area contributed by atoms with Crippen LogP contribution in [0.3, 0.4) is 0 Å². The normalized spacial score (nSPS) is 20.2. The maximum absolute atomic E-state index is 13.3. The molecule has 2 aromatic carbocycles. The Morgan fingerprint density at radius 3 is 2.44 bits per heavy atom. The summed E-state index contributed by atoms with van der Waals surface area (Å²) in [4.78, 5) is 29.8. The molecule has 2 aromatic rings. The van der Waals surface area contributed by atoms with Gasteiger partial charge in [0.1, 0.15) is 5.82 Å². The Kier molecular flexibility index (Phi) is 7.32. The van der Waals surface area contributed by atoms with Crippen molar-refractivity contribution in [2.45, 2.75) is 25.8 Å². The third kappa shape index (κ3) is 5.82. The van der Waals surface area contributed by atoms with Gasteiger partial charge in [-0.05, 0) is 68.1 Å². The van der Waals surface area contributed by atoms with Crippen LogP contribution in [-0.4, -0.2) is 47.8 Å². The fraction of sp³-hybridized carbons (Fsp3) is 0.385. The highest BCUT2D eigenvalue weighted by molar-refractivity contribution is 5.92. The molecular weight excluding hydrogens is 405 g/mol. The summed E-state index contributed by atoms with van der Waals surface area (Å²) in [5.41, 5.74) is 1.75. The van der Waals surface area contributed by atoms with Gasteiger partial charge in [-0.3, -0.25) is 14.5 Å². The van der Waals surface area contributed by atoms with E-state index in [4.69, 9.17) is 0 Å². The average molecular weight is 436 g/mol. The molecule has 2 aliphatic rings. The number of benzene rings is 2. The number of nitrogens with one attached hydrogen (secondary N) is 1. The summed E-state index contributed by atoms with van der Waals surface area (Å²) in [6.07, 6.45) is 6.87. The zero-order valence-electron chi connectivity index (χ0n) is 18.3. The van der Waals surface area contributed by atoms with Crippen molar-refractivity contribution in [1.82, 2.24) is 9.80 Å². The van der Waals surface area contributed by atoms with Crippen molar-refractivity contribution in [2.75, 3.05) is 31.5 Å². The number of likely N-dealkylation sites (tertiary alicyclic amines) is 1. The fourth-order valence-corrected chi connectivity index (χ4v) is 4.66. The van der Waals surface area contributed by atoms with Crippen LogP contribution in [0.4, 0.5) is 10.1 Å². The van der Waals surface area contributed by atoms with E-state index in [1.54, 1.807) is 12.1 Å². The van der Waals surface area contributed by atoms with Crippen LogP contribution in [0.1, 0.15) is 24.8 Å². The van der Waals surface area contributed by atoms with Crippen molar-refractivity contribution < 1.29 is 14.0 Å². The first-order chi connectivity index (χ1) is 15.6. The van der Waals surface area contributed by atoms with Gasteiger partial charge in [-0.2, -0.15) is 0 Å². The number of halogens is 1. The van der Waals surface area contributed by atoms with E-state index in [2.05, 4.69) is 34.5 Å². The lowest BCUT2D eigenvalue weighted by atomic mass is 9.81. The quantitative estimate of drug-likeness (QED) is 0.696. The lowest BCUT2D eigenvalue weighted by molar-refractivity contribution is -0.138. The van der Waals surface area contributed by atoms with E-state index in [1.807, 2.05) is 23.1 Å². The SMILES string of the molecule is O=C(CN1CCC([C@@H]2CC=CCN(Cc3ccccc3)C2=O)CC1)Nc1ccc(F)cc1. The van der Waals surface area contributed by atoms with E-state index >= 15 is 0 Å².